The molecule has 0 bridgehead atoms. The number of ketones is 1. The number of anilines is 1. The van der Waals surface area contributed by atoms with Crippen molar-refractivity contribution >= 4 is 33.7 Å². The number of benzene rings is 2. The van der Waals surface area contributed by atoms with Gasteiger partial charge in [0.2, 0.25) is 5.13 Å². The number of nitro groups is 1. The average molecular weight is 478 g/mol. The molecular formula is C21H17F3N4O4S. The number of hydrogen-bond donors (Lipinski definition) is 1. The lowest BCUT2D eigenvalue weighted by Crippen LogP contribution is -2.27. The summed E-state index contributed by atoms with van der Waals surface area (Å²) in [6, 6.07) is 11.5. The molecule has 0 saturated heterocycles. The first kappa shape index (κ1) is 23.9. The van der Waals surface area contributed by atoms with E-state index in [9.17, 15) is 28.1 Å². The zero-order chi connectivity index (χ0) is 24.0. The minimum absolute atomic E-state index is 0.0340. The van der Waals surface area contributed by atoms with Gasteiger partial charge in [-0.15, -0.1) is 11.3 Å². The maximum atomic E-state index is 13.4. The van der Waals surface area contributed by atoms with E-state index in [0.29, 0.717) is 23.6 Å². The molecule has 8 nitrogen and oxygen atoms in total. The van der Waals surface area contributed by atoms with E-state index >= 15 is 0 Å². The number of alkyl halides is 3. The Kier molecular flexibility index (Phi) is 7.38. The molecule has 1 N–H and O–H groups in total. The van der Waals surface area contributed by atoms with E-state index in [1.807, 2.05) is 0 Å². The topological polar surface area (TPSA) is 107 Å². The summed E-state index contributed by atoms with van der Waals surface area (Å²) < 4.78 is 45.5. The van der Waals surface area contributed by atoms with Crippen LogP contribution in [0.5, 0.6) is 5.75 Å². The van der Waals surface area contributed by atoms with Crippen LogP contribution in [-0.2, 0) is 0 Å². The van der Waals surface area contributed by atoms with Crippen LogP contribution < -0.4 is 10.2 Å². The summed E-state index contributed by atoms with van der Waals surface area (Å²) in [6.45, 7) is 2.21. The molecule has 0 saturated carbocycles. The molecule has 12 heteroatoms. The van der Waals surface area contributed by atoms with E-state index in [2.05, 4.69) is 15.5 Å². The maximum absolute atomic E-state index is 13.4. The molecule has 0 aliphatic heterocycles. The first-order chi connectivity index (χ1) is 15.7. The number of aromatic nitrogens is 1. The van der Waals surface area contributed by atoms with Crippen molar-refractivity contribution in [1.82, 2.24) is 4.98 Å². The molecule has 1 heterocycles. The third-order valence-electron chi connectivity index (χ3n) is 4.29. The van der Waals surface area contributed by atoms with E-state index in [0.717, 1.165) is 11.3 Å². The highest BCUT2D eigenvalue weighted by Crippen LogP contribution is 2.28. The highest BCUT2D eigenvalue weighted by atomic mass is 32.1. The molecule has 0 atom stereocenters. The van der Waals surface area contributed by atoms with Crippen LogP contribution >= 0.6 is 11.3 Å². The van der Waals surface area contributed by atoms with E-state index in [1.54, 1.807) is 13.0 Å². The number of thiazole rings is 1. The number of carbonyl (C=O) groups excluding carboxylic acids is 1. The minimum atomic E-state index is -4.84. The fourth-order valence-corrected chi connectivity index (χ4v) is 3.37. The number of hydrogen-bond acceptors (Lipinski definition) is 8. The lowest BCUT2D eigenvalue weighted by Gasteiger charge is -2.10. The van der Waals surface area contributed by atoms with E-state index in [4.69, 9.17) is 4.74 Å². The van der Waals surface area contributed by atoms with Crippen molar-refractivity contribution < 1.29 is 27.6 Å². The van der Waals surface area contributed by atoms with Crippen molar-refractivity contribution in [2.75, 3.05) is 12.0 Å². The highest BCUT2D eigenvalue weighted by molar-refractivity contribution is 7.14. The van der Waals surface area contributed by atoms with Crippen molar-refractivity contribution in [1.29, 1.82) is 0 Å². The molecule has 3 aromatic rings. The monoisotopic (exact) mass is 478 g/mol. The Morgan fingerprint density at radius 1 is 1.24 bits per heavy atom. The van der Waals surface area contributed by atoms with Gasteiger partial charge in [0.1, 0.15) is 11.5 Å². The first-order valence-electron chi connectivity index (χ1n) is 9.53. The standard InChI is InChI=1S/C21H17F3N4O4S/c1-2-32-16-8-6-13(7-9-16)18(29)11-19(21(22,23)24)26-27-20-25-17(12-33-20)14-4-3-5-15(10-14)28(30)31/h3-10,12H,2,11H2,1H3,(H,25,27)/b26-19-. The van der Waals surface area contributed by atoms with Gasteiger partial charge in [-0.1, -0.05) is 12.1 Å². The Balaban J connectivity index is 1.74. The number of carbonyl (C=O) groups is 1. The lowest BCUT2D eigenvalue weighted by molar-refractivity contribution is -0.384. The van der Waals surface area contributed by atoms with Crippen molar-refractivity contribution in [3.05, 3.63) is 69.6 Å². The molecule has 0 radical (unpaired) electrons. The molecule has 0 amide bonds. The normalized spacial score (nSPS) is 11.8. The van der Waals surface area contributed by atoms with Crippen LogP contribution in [0.2, 0.25) is 0 Å². The molecule has 172 valence electrons. The molecule has 2 aromatic carbocycles. The number of Topliss-reactive ketones (excluding diaryl/α,β-unsaturated/α-hetero) is 1. The van der Waals surface area contributed by atoms with Gasteiger partial charge in [0.25, 0.3) is 5.69 Å². The van der Waals surface area contributed by atoms with Crippen molar-refractivity contribution in [2.45, 2.75) is 19.5 Å². The number of nitrogens with zero attached hydrogens (tertiary/aromatic N) is 3. The molecule has 33 heavy (non-hydrogen) atoms. The highest BCUT2D eigenvalue weighted by Gasteiger charge is 2.37. The predicted octanol–water partition coefficient (Wildman–Crippen LogP) is 5.72. The van der Waals surface area contributed by atoms with Gasteiger partial charge in [0.05, 0.1) is 23.6 Å². The van der Waals surface area contributed by atoms with Crippen molar-refractivity contribution in [3.8, 4) is 17.0 Å². The fraction of sp³-hybridized carbons (Fsp3) is 0.190. The third kappa shape index (κ3) is 6.35. The molecule has 1 aromatic heterocycles. The number of hydrazone groups is 1. The average Bonchev–Trinajstić information content (AvgIpc) is 3.25. The number of nitro benzene ring substituents is 1. The Hall–Kier alpha value is -3.80. The van der Waals surface area contributed by atoms with Gasteiger partial charge in [0, 0.05) is 28.6 Å². The Bertz CT molecular complexity index is 1180. The van der Waals surface area contributed by atoms with Gasteiger partial charge < -0.3 is 4.74 Å². The number of ether oxygens (including phenoxy) is 1. The third-order valence-corrected chi connectivity index (χ3v) is 5.03. The summed E-state index contributed by atoms with van der Waals surface area (Å²) in [5.74, 6) is -0.254. The number of halogens is 3. The number of non-ortho nitro benzene ring substituents is 1. The number of nitrogens with one attached hydrogen (secondary N) is 1. The SMILES string of the molecule is CCOc1ccc(C(=O)C/C(=N/Nc2nc(-c3cccc([N+](=O)[O-])c3)cs2)C(F)(F)F)cc1. The fourth-order valence-electron chi connectivity index (χ4n) is 2.71. The van der Waals surface area contributed by atoms with Gasteiger partial charge in [-0.2, -0.15) is 18.3 Å². The van der Waals surface area contributed by atoms with Crippen LogP contribution in [0.3, 0.4) is 0 Å². The Morgan fingerprint density at radius 3 is 2.61 bits per heavy atom. The van der Waals surface area contributed by atoms with Crippen LogP contribution in [0, 0.1) is 10.1 Å². The zero-order valence-electron chi connectivity index (χ0n) is 17.1. The smallest absolute Gasteiger partial charge is 0.431 e. The van der Waals surface area contributed by atoms with Crippen molar-refractivity contribution in [3.63, 3.8) is 0 Å². The van der Waals surface area contributed by atoms with Gasteiger partial charge in [-0.25, -0.2) is 4.98 Å². The summed E-state index contributed by atoms with van der Waals surface area (Å²) in [7, 11) is 0. The van der Waals surface area contributed by atoms with Crippen LogP contribution in [0.15, 0.2) is 59.0 Å². The van der Waals surface area contributed by atoms with Gasteiger partial charge in [0.15, 0.2) is 5.78 Å². The second-order valence-corrected chi connectivity index (χ2v) is 7.43. The zero-order valence-corrected chi connectivity index (χ0v) is 17.9. The lowest BCUT2D eigenvalue weighted by atomic mass is 10.1. The maximum Gasteiger partial charge on any atom is 0.431 e. The minimum Gasteiger partial charge on any atom is -0.494 e. The van der Waals surface area contributed by atoms with Crippen LogP contribution in [-0.4, -0.2) is 34.2 Å². The van der Waals surface area contributed by atoms with Crippen molar-refractivity contribution in [2.24, 2.45) is 5.10 Å². The number of rotatable bonds is 9. The van der Waals surface area contributed by atoms with Crippen LogP contribution in [0.4, 0.5) is 24.0 Å². The Morgan fingerprint density at radius 2 is 1.97 bits per heavy atom. The summed E-state index contributed by atoms with van der Waals surface area (Å²) in [5, 5.41) is 15.8. The molecule has 0 aliphatic rings. The summed E-state index contributed by atoms with van der Waals surface area (Å²) in [4.78, 5) is 26.8. The largest absolute Gasteiger partial charge is 0.494 e. The second-order valence-electron chi connectivity index (χ2n) is 6.57. The molecule has 3 rings (SSSR count). The Labute approximate surface area is 189 Å². The van der Waals surface area contributed by atoms with Gasteiger partial charge >= 0.3 is 6.18 Å². The second kappa shape index (κ2) is 10.2. The molecule has 0 fully saturated rings. The first-order valence-corrected chi connectivity index (χ1v) is 10.4. The van der Waals surface area contributed by atoms with Crippen LogP contribution in [0.25, 0.3) is 11.3 Å². The van der Waals surface area contributed by atoms with Gasteiger partial charge in [-0.3, -0.25) is 20.3 Å². The molecule has 0 unspecified atom stereocenters. The molecule has 0 aliphatic carbocycles. The van der Waals surface area contributed by atoms with E-state index in [1.165, 1.54) is 47.8 Å². The summed E-state index contributed by atoms with van der Waals surface area (Å²) >= 11 is 0.967. The van der Waals surface area contributed by atoms with E-state index in [-0.39, 0.29) is 16.4 Å². The predicted molar refractivity (Wildman–Crippen MR) is 118 cm³/mol. The van der Waals surface area contributed by atoms with Gasteiger partial charge in [-0.05, 0) is 31.2 Å². The summed E-state index contributed by atoms with van der Waals surface area (Å²) in [6.07, 6.45) is -5.80. The quantitative estimate of drug-likeness (QED) is 0.182. The molecular weight excluding hydrogens is 461 g/mol. The van der Waals surface area contributed by atoms with Crippen LogP contribution in [0.1, 0.15) is 23.7 Å². The molecule has 0 spiro atoms. The van der Waals surface area contributed by atoms with E-state index < -0.39 is 29.0 Å². The summed E-state index contributed by atoms with van der Waals surface area (Å²) in [5.41, 5.74) is 1.64.